The molecule has 0 rings (SSSR count). The second-order valence-electron chi connectivity index (χ2n) is 30.5. The predicted molar refractivity (Wildman–Crippen MR) is 417 cm³/mol. The van der Waals surface area contributed by atoms with Crippen LogP contribution < -0.4 is 5.11 Å². The third-order valence-corrected chi connectivity index (χ3v) is 19.5. The molecule has 2 atom stereocenters. The van der Waals surface area contributed by atoms with Crippen molar-refractivity contribution in [1.82, 2.24) is 0 Å². The lowest BCUT2D eigenvalue weighted by atomic mass is 10.0. The van der Waals surface area contributed by atoms with E-state index in [-0.39, 0.29) is 32.2 Å². The molecule has 2 unspecified atom stereocenters. The van der Waals surface area contributed by atoms with Gasteiger partial charge in [-0.25, -0.2) is 0 Å². The van der Waals surface area contributed by atoms with Gasteiger partial charge in [-0.2, -0.15) is 0 Å². The summed E-state index contributed by atoms with van der Waals surface area (Å²) in [5.41, 5.74) is 0. The molecule has 570 valence electrons. The van der Waals surface area contributed by atoms with Crippen LogP contribution in [-0.4, -0.2) is 82.3 Å². The third-order valence-electron chi connectivity index (χ3n) is 19.5. The number of allylic oxidation sites excluding steroid dienone is 8. The molecular formula is C88H165NO8. The first kappa shape index (κ1) is 94.2. The Hall–Kier alpha value is -2.75. The van der Waals surface area contributed by atoms with Gasteiger partial charge in [0.05, 0.1) is 40.3 Å². The summed E-state index contributed by atoms with van der Waals surface area (Å²) in [7, 11) is 5.95. The molecule has 9 heteroatoms. The molecule has 0 aromatic rings. The van der Waals surface area contributed by atoms with E-state index in [4.69, 9.17) is 18.9 Å². The van der Waals surface area contributed by atoms with Crippen molar-refractivity contribution in [3.05, 3.63) is 48.6 Å². The first-order valence-corrected chi connectivity index (χ1v) is 42.8. The number of aliphatic carboxylic acids is 1. The van der Waals surface area contributed by atoms with Gasteiger partial charge in [0.15, 0.2) is 12.4 Å². The minimum atomic E-state index is -1.62. The lowest BCUT2D eigenvalue weighted by Crippen LogP contribution is -2.44. The second kappa shape index (κ2) is 79.0. The zero-order valence-electron chi connectivity index (χ0n) is 65.5. The quantitative estimate of drug-likeness (QED) is 0.0195. The molecule has 0 heterocycles. The Kier molecular flexibility index (Phi) is 76.7. The van der Waals surface area contributed by atoms with Crippen LogP contribution in [0.15, 0.2) is 48.6 Å². The summed E-state index contributed by atoms with van der Waals surface area (Å²) in [6.45, 7) is 4.81. The summed E-state index contributed by atoms with van der Waals surface area (Å²) >= 11 is 0. The van der Waals surface area contributed by atoms with Gasteiger partial charge in [0.2, 0.25) is 0 Å². The van der Waals surface area contributed by atoms with Crippen molar-refractivity contribution in [2.75, 3.05) is 47.5 Å². The van der Waals surface area contributed by atoms with Gasteiger partial charge in [-0.05, 0) is 77.0 Å². The molecule has 0 aromatic heterocycles. The summed E-state index contributed by atoms with van der Waals surface area (Å²) in [6.07, 6.45) is 101. The number of carbonyl (C=O) groups is 3. The van der Waals surface area contributed by atoms with Crippen molar-refractivity contribution in [2.45, 2.75) is 450 Å². The van der Waals surface area contributed by atoms with Gasteiger partial charge in [-0.15, -0.1) is 0 Å². The monoisotopic (exact) mass is 1360 g/mol. The number of ether oxygens (including phenoxy) is 4. The number of rotatable bonds is 81. The van der Waals surface area contributed by atoms with Crippen LogP contribution in [0.4, 0.5) is 0 Å². The van der Waals surface area contributed by atoms with Gasteiger partial charge in [-0.1, -0.05) is 396 Å². The average Bonchev–Trinajstić information content (AvgIpc) is 3.27. The molecule has 0 saturated heterocycles. The predicted octanol–water partition coefficient (Wildman–Crippen LogP) is 26.3. The fraction of sp³-hybridized carbons (Fsp3) is 0.875. The van der Waals surface area contributed by atoms with Gasteiger partial charge >= 0.3 is 11.9 Å². The fourth-order valence-electron chi connectivity index (χ4n) is 13.0. The van der Waals surface area contributed by atoms with Gasteiger partial charge in [-0.3, -0.25) is 9.59 Å². The minimum Gasteiger partial charge on any atom is -0.545 e. The minimum absolute atomic E-state index is 0.151. The lowest BCUT2D eigenvalue weighted by Gasteiger charge is -2.26. The highest BCUT2D eigenvalue weighted by Crippen LogP contribution is 2.20. The van der Waals surface area contributed by atoms with Crippen LogP contribution in [0.5, 0.6) is 0 Å². The SMILES string of the molecule is CCCCCCC/C=C\C/C=C\CCCCCCCCCCCCCCCCCCCCCCCCCCCCCCCC(=O)OC(COC(=O)CCCCCCCCCCCCCCCCCCCCC/C=C\C/C=C\CCCCCCC)COC(OCC[N+](C)(C)C)C(=O)[O-]. The molecule has 97 heavy (non-hydrogen) atoms. The largest absolute Gasteiger partial charge is 0.545 e. The van der Waals surface area contributed by atoms with E-state index in [0.717, 1.165) is 51.4 Å². The molecule has 0 aliphatic rings. The standard InChI is InChI=1S/C88H165NO8/c1-6-8-10-12-14-16-18-20-22-24-26-28-30-32-34-36-38-39-40-41-42-43-44-45-46-47-49-51-53-55-57-59-61-63-65-67-69-71-73-75-77-79-86(91)97-84(83-96-88(87(92)93)94-81-80-89(3,4)5)82-95-85(90)78-76-74-72-70-68-66-64-62-60-58-56-54-52-50-48-37-35-33-31-29-27-25-23-21-19-17-15-13-11-9-7-2/h18-21,24-27,84,88H,6-17,22-23,28-83H2,1-5H3/b20-18-,21-19-,26-24-,27-25-. The van der Waals surface area contributed by atoms with Crippen molar-refractivity contribution >= 4 is 17.9 Å². The summed E-state index contributed by atoms with van der Waals surface area (Å²) in [6, 6.07) is 0. The Morgan fingerprint density at radius 1 is 0.309 bits per heavy atom. The van der Waals surface area contributed by atoms with E-state index in [1.165, 1.54) is 360 Å². The van der Waals surface area contributed by atoms with E-state index >= 15 is 0 Å². The smallest absolute Gasteiger partial charge is 0.306 e. The number of hydrogen-bond acceptors (Lipinski definition) is 8. The lowest BCUT2D eigenvalue weighted by molar-refractivity contribution is -0.870. The van der Waals surface area contributed by atoms with Crippen LogP contribution >= 0.6 is 0 Å². The van der Waals surface area contributed by atoms with E-state index in [2.05, 4.69) is 62.5 Å². The molecule has 9 nitrogen and oxygen atoms in total. The van der Waals surface area contributed by atoms with E-state index in [1.54, 1.807) is 0 Å². The highest BCUT2D eigenvalue weighted by atomic mass is 16.7. The Morgan fingerprint density at radius 3 is 0.814 bits per heavy atom. The van der Waals surface area contributed by atoms with Crippen LogP contribution in [-0.2, 0) is 33.3 Å². The number of likely N-dealkylation sites (N-methyl/N-ethyl adjacent to an activating group) is 1. The topological polar surface area (TPSA) is 111 Å². The number of carboxylic acids is 1. The number of carboxylic acid groups (broad SMARTS) is 1. The summed E-state index contributed by atoms with van der Waals surface area (Å²) < 4.78 is 22.9. The van der Waals surface area contributed by atoms with E-state index in [0.29, 0.717) is 17.4 Å². The maximum absolute atomic E-state index is 13.0. The Morgan fingerprint density at radius 2 is 0.557 bits per heavy atom. The number of carbonyl (C=O) groups excluding carboxylic acids is 3. The number of nitrogens with zero attached hydrogens (tertiary/aromatic N) is 1. The summed E-state index contributed by atoms with van der Waals surface area (Å²) in [5.74, 6) is -2.25. The molecule has 0 fully saturated rings. The van der Waals surface area contributed by atoms with E-state index in [9.17, 15) is 19.5 Å². The zero-order chi connectivity index (χ0) is 70.4. The van der Waals surface area contributed by atoms with Crippen LogP contribution in [0.2, 0.25) is 0 Å². The third kappa shape index (κ3) is 80.4. The van der Waals surface area contributed by atoms with Gasteiger partial charge in [0.25, 0.3) is 0 Å². The summed E-state index contributed by atoms with van der Waals surface area (Å²) in [5, 5.41) is 11.9. The molecule has 0 aromatic carbocycles. The average molecular weight is 1370 g/mol. The zero-order valence-corrected chi connectivity index (χ0v) is 65.5. The highest BCUT2D eigenvalue weighted by molar-refractivity contribution is 5.70. The fourth-order valence-corrected chi connectivity index (χ4v) is 13.0. The van der Waals surface area contributed by atoms with E-state index in [1.807, 2.05) is 21.1 Å². The Balaban J connectivity index is 3.92. The molecular weight excluding hydrogens is 1200 g/mol. The highest BCUT2D eigenvalue weighted by Gasteiger charge is 2.22. The van der Waals surface area contributed by atoms with Crippen LogP contribution in [0.3, 0.4) is 0 Å². The summed E-state index contributed by atoms with van der Waals surface area (Å²) in [4.78, 5) is 37.6. The maximum atomic E-state index is 13.0. The Labute approximate surface area is 603 Å². The van der Waals surface area contributed by atoms with Crippen molar-refractivity contribution in [3.8, 4) is 0 Å². The van der Waals surface area contributed by atoms with Gasteiger partial charge < -0.3 is 33.3 Å². The van der Waals surface area contributed by atoms with Gasteiger partial charge in [0.1, 0.15) is 13.2 Å². The number of quaternary nitrogens is 1. The van der Waals surface area contributed by atoms with E-state index < -0.39 is 24.3 Å². The number of esters is 2. The maximum Gasteiger partial charge on any atom is 0.306 e. The molecule has 0 spiro atoms. The molecule has 0 bridgehead atoms. The molecule has 0 saturated carbocycles. The van der Waals surface area contributed by atoms with Gasteiger partial charge in [0, 0.05) is 12.8 Å². The first-order chi connectivity index (χ1) is 47.6. The Bertz CT molecular complexity index is 1730. The number of unbranched alkanes of at least 4 members (excludes halogenated alkanes) is 58. The van der Waals surface area contributed by atoms with Crippen molar-refractivity contribution in [1.29, 1.82) is 0 Å². The molecule has 0 aliphatic heterocycles. The number of hydrogen-bond donors (Lipinski definition) is 0. The van der Waals surface area contributed by atoms with Crippen molar-refractivity contribution < 1.29 is 42.9 Å². The molecule has 0 aliphatic carbocycles. The second-order valence-corrected chi connectivity index (χ2v) is 30.5. The van der Waals surface area contributed by atoms with Crippen LogP contribution in [0, 0.1) is 0 Å². The molecule has 0 radical (unpaired) electrons. The van der Waals surface area contributed by atoms with Crippen LogP contribution in [0.25, 0.3) is 0 Å². The van der Waals surface area contributed by atoms with Crippen LogP contribution in [0.1, 0.15) is 438 Å². The normalized spacial score (nSPS) is 12.8. The molecule has 0 amide bonds. The van der Waals surface area contributed by atoms with Crippen molar-refractivity contribution in [3.63, 3.8) is 0 Å². The molecule has 0 N–H and O–H groups in total. The van der Waals surface area contributed by atoms with Crippen molar-refractivity contribution in [2.24, 2.45) is 0 Å². The first-order valence-electron chi connectivity index (χ1n) is 42.8.